The average molecular weight is 259 g/mol. The third-order valence-corrected chi connectivity index (χ3v) is 3.05. The van der Waals surface area contributed by atoms with Crippen molar-refractivity contribution in [3.8, 4) is 0 Å². The standard InChI is InChI=1S/C15H21N3O/c1-10-16-12-8-11(6-7-13(12)18(10)5)9-14(19)17-15(2,3)4/h6-8H,9H2,1-5H3,(H,17,19). The van der Waals surface area contributed by atoms with E-state index in [-0.39, 0.29) is 11.4 Å². The van der Waals surface area contributed by atoms with Crippen molar-refractivity contribution in [2.45, 2.75) is 39.7 Å². The van der Waals surface area contributed by atoms with Gasteiger partial charge >= 0.3 is 0 Å². The van der Waals surface area contributed by atoms with E-state index in [2.05, 4.69) is 10.3 Å². The number of rotatable bonds is 2. The van der Waals surface area contributed by atoms with Crippen molar-refractivity contribution in [3.05, 3.63) is 29.6 Å². The van der Waals surface area contributed by atoms with Crippen molar-refractivity contribution in [3.63, 3.8) is 0 Å². The van der Waals surface area contributed by atoms with Gasteiger partial charge in [0.25, 0.3) is 0 Å². The fourth-order valence-corrected chi connectivity index (χ4v) is 2.12. The molecule has 1 N–H and O–H groups in total. The number of hydrogen-bond acceptors (Lipinski definition) is 2. The lowest BCUT2D eigenvalue weighted by atomic mass is 10.1. The van der Waals surface area contributed by atoms with E-state index in [1.54, 1.807) is 0 Å². The van der Waals surface area contributed by atoms with Gasteiger partial charge in [-0.05, 0) is 45.4 Å². The molecule has 1 heterocycles. The minimum absolute atomic E-state index is 0.0412. The lowest BCUT2D eigenvalue weighted by molar-refractivity contribution is -0.121. The van der Waals surface area contributed by atoms with Crippen LogP contribution in [0.1, 0.15) is 32.2 Å². The molecule has 0 saturated heterocycles. The van der Waals surface area contributed by atoms with Crippen molar-refractivity contribution in [2.24, 2.45) is 7.05 Å². The molecule has 1 aromatic carbocycles. The van der Waals surface area contributed by atoms with Crippen molar-refractivity contribution in [1.29, 1.82) is 0 Å². The molecule has 0 radical (unpaired) electrons. The summed E-state index contributed by atoms with van der Waals surface area (Å²) in [5, 5.41) is 2.97. The highest BCUT2D eigenvalue weighted by Crippen LogP contribution is 2.16. The molecule has 1 amide bonds. The monoisotopic (exact) mass is 259 g/mol. The zero-order chi connectivity index (χ0) is 14.2. The Bertz CT molecular complexity index is 620. The molecule has 19 heavy (non-hydrogen) atoms. The van der Waals surface area contributed by atoms with Gasteiger partial charge in [-0.1, -0.05) is 6.07 Å². The first-order valence-corrected chi connectivity index (χ1v) is 6.49. The van der Waals surface area contributed by atoms with E-state index in [9.17, 15) is 4.79 Å². The Kier molecular flexibility index (Phi) is 3.35. The second-order valence-corrected chi connectivity index (χ2v) is 6.02. The first kappa shape index (κ1) is 13.6. The topological polar surface area (TPSA) is 46.9 Å². The van der Waals surface area contributed by atoms with Gasteiger partial charge in [-0.3, -0.25) is 4.79 Å². The number of benzene rings is 1. The number of carbonyl (C=O) groups is 1. The number of hydrogen-bond donors (Lipinski definition) is 1. The van der Waals surface area contributed by atoms with Gasteiger partial charge in [0.15, 0.2) is 0 Å². The molecule has 0 bridgehead atoms. The Labute approximate surface area is 113 Å². The van der Waals surface area contributed by atoms with Crippen LogP contribution < -0.4 is 5.32 Å². The fraction of sp³-hybridized carbons (Fsp3) is 0.467. The maximum absolute atomic E-state index is 11.9. The van der Waals surface area contributed by atoms with Crippen LogP contribution in [-0.2, 0) is 18.3 Å². The molecule has 2 aromatic rings. The summed E-state index contributed by atoms with van der Waals surface area (Å²) >= 11 is 0. The van der Waals surface area contributed by atoms with E-state index in [1.807, 2.05) is 57.5 Å². The van der Waals surface area contributed by atoms with Gasteiger partial charge in [0.2, 0.25) is 5.91 Å². The Hall–Kier alpha value is -1.84. The van der Waals surface area contributed by atoms with Crippen LogP contribution >= 0.6 is 0 Å². The highest BCUT2D eigenvalue weighted by atomic mass is 16.1. The lowest BCUT2D eigenvalue weighted by Gasteiger charge is -2.20. The summed E-state index contributed by atoms with van der Waals surface area (Å²) in [7, 11) is 2.00. The van der Waals surface area contributed by atoms with Gasteiger partial charge in [-0.15, -0.1) is 0 Å². The van der Waals surface area contributed by atoms with Gasteiger partial charge in [0, 0.05) is 12.6 Å². The zero-order valence-electron chi connectivity index (χ0n) is 12.2. The SMILES string of the molecule is Cc1nc2cc(CC(=O)NC(C)(C)C)ccc2n1C. The number of imidazole rings is 1. The van der Waals surface area contributed by atoms with Crippen molar-refractivity contribution < 1.29 is 4.79 Å². The number of nitrogens with one attached hydrogen (secondary N) is 1. The minimum Gasteiger partial charge on any atom is -0.351 e. The van der Waals surface area contributed by atoms with E-state index in [1.165, 1.54) is 0 Å². The van der Waals surface area contributed by atoms with Crippen LogP contribution in [0.4, 0.5) is 0 Å². The third kappa shape index (κ3) is 3.13. The van der Waals surface area contributed by atoms with Gasteiger partial charge in [0.05, 0.1) is 17.5 Å². The number of aromatic nitrogens is 2. The van der Waals surface area contributed by atoms with E-state index in [0.29, 0.717) is 6.42 Å². The van der Waals surface area contributed by atoms with Crippen LogP contribution in [0.25, 0.3) is 11.0 Å². The Morgan fingerprint density at radius 1 is 1.37 bits per heavy atom. The molecular weight excluding hydrogens is 238 g/mol. The number of aryl methyl sites for hydroxylation is 2. The second-order valence-electron chi connectivity index (χ2n) is 6.02. The fourth-order valence-electron chi connectivity index (χ4n) is 2.12. The molecule has 0 unspecified atom stereocenters. The van der Waals surface area contributed by atoms with Crippen LogP contribution in [0.5, 0.6) is 0 Å². The summed E-state index contributed by atoms with van der Waals surface area (Å²) in [4.78, 5) is 16.4. The Morgan fingerprint density at radius 3 is 2.68 bits per heavy atom. The molecule has 4 nitrogen and oxygen atoms in total. The number of nitrogens with zero attached hydrogens (tertiary/aromatic N) is 2. The summed E-state index contributed by atoms with van der Waals surface area (Å²) in [6.07, 6.45) is 0.392. The Morgan fingerprint density at radius 2 is 2.05 bits per heavy atom. The van der Waals surface area contributed by atoms with Crippen LogP contribution in [0.15, 0.2) is 18.2 Å². The van der Waals surface area contributed by atoms with Crippen molar-refractivity contribution >= 4 is 16.9 Å². The summed E-state index contributed by atoms with van der Waals surface area (Å²) in [5.74, 6) is 1.02. The smallest absolute Gasteiger partial charge is 0.224 e. The van der Waals surface area contributed by atoms with Crippen LogP contribution in [-0.4, -0.2) is 21.0 Å². The lowest BCUT2D eigenvalue weighted by Crippen LogP contribution is -2.41. The maximum Gasteiger partial charge on any atom is 0.224 e. The van der Waals surface area contributed by atoms with E-state index in [4.69, 9.17) is 0 Å². The van der Waals surface area contributed by atoms with Crippen molar-refractivity contribution in [2.75, 3.05) is 0 Å². The van der Waals surface area contributed by atoms with Crippen molar-refractivity contribution in [1.82, 2.24) is 14.9 Å². The average Bonchev–Trinajstić information content (AvgIpc) is 2.51. The minimum atomic E-state index is -0.192. The summed E-state index contributed by atoms with van der Waals surface area (Å²) in [6.45, 7) is 7.93. The molecule has 2 rings (SSSR count). The molecule has 0 fully saturated rings. The van der Waals surface area contributed by atoms with E-state index >= 15 is 0 Å². The molecule has 0 aliphatic rings. The summed E-state index contributed by atoms with van der Waals surface area (Å²) < 4.78 is 2.05. The molecular formula is C15H21N3O. The van der Waals surface area contributed by atoms with Gasteiger partial charge in [-0.2, -0.15) is 0 Å². The molecule has 4 heteroatoms. The summed E-state index contributed by atoms with van der Waals surface area (Å²) in [5.41, 5.74) is 2.84. The molecule has 0 aliphatic heterocycles. The van der Waals surface area contributed by atoms with E-state index < -0.39 is 0 Å². The third-order valence-electron chi connectivity index (χ3n) is 3.05. The van der Waals surface area contributed by atoms with E-state index in [0.717, 1.165) is 22.4 Å². The summed E-state index contributed by atoms with van der Waals surface area (Å²) in [6, 6.07) is 6.01. The first-order chi connectivity index (χ1) is 8.76. The van der Waals surface area contributed by atoms with Crippen LogP contribution in [0.3, 0.4) is 0 Å². The number of amides is 1. The maximum atomic E-state index is 11.9. The van der Waals surface area contributed by atoms with Gasteiger partial charge in [0.1, 0.15) is 5.82 Å². The highest BCUT2D eigenvalue weighted by Gasteiger charge is 2.14. The van der Waals surface area contributed by atoms with Gasteiger partial charge < -0.3 is 9.88 Å². The number of carbonyl (C=O) groups excluding carboxylic acids is 1. The van der Waals surface area contributed by atoms with Crippen LogP contribution in [0.2, 0.25) is 0 Å². The molecule has 102 valence electrons. The zero-order valence-corrected chi connectivity index (χ0v) is 12.2. The molecule has 1 aromatic heterocycles. The quantitative estimate of drug-likeness (QED) is 0.900. The molecule has 0 aliphatic carbocycles. The van der Waals surface area contributed by atoms with Crippen LogP contribution in [0, 0.1) is 6.92 Å². The highest BCUT2D eigenvalue weighted by molar-refractivity contribution is 5.82. The predicted molar refractivity (Wildman–Crippen MR) is 77.1 cm³/mol. The molecule has 0 spiro atoms. The largest absolute Gasteiger partial charge is 0.351 e. The predicted octanol–water partition coefficient (Wildman–Crippen LogP) is 2.34. The second kappa shape index (κ2) is 4.68. The molecule has 0 atom stereocenters. The molecule has 0 saturated carbocycles. The first-order valence-electron chi connectivity index (χ1n) is 6.49. The normalized spacial score (nSPS) is 11.8. The van der Waals surface area contributed by atoms with Gasteiger partial charge in [-0.25, -0.2) is 4.98 Å². The Balaban J connectivity index is 2.20. The number of fused-ring (bicyclic) bond motifs is 1.